The van der Waals surface area contributed by atoms with Crippen LogP contribution in [0.4, 0.5) is 0 Å². The number of hydrogen-bond acceptors (Lipinski definition) is 8. The summed E-state index contributed by atoms with van der Waals surface area (Å²) in [6, 6.07) is 8.91. The fourth-order valence-electron chi connectivity index (χ4n) is 3.72. The van der Waals surface area contributed by atoms with Gasteiger partial charge in [-0.1, -0.05) is 24.8 Å². The number of rotatable bonds is 6. The van der Waals surface area contributed by atoms with Crippen LogP contribution in [0.1, 0.15) is 23.1 Å². The Bertz CT molecular complexity index is 1610. The van der Waals surface area contributed by atoms with E-state index in [4.69, 9.17) is 9.72 Å². The summed E-state index contributed by atoms with van der Waals surface area (Å²) in [5.74, 6) is 1.07. The van der Waals surface area contributed by atoms with E-state index in [1.807, 2.05) is 36.6 Å². The Balaban J connectivity index is 1.65. The van der Waals surface area contributed by atoms with E-state index in [9.17, 15) is 9.59 Å². The highest BCUT2D eigenvalue weighted by Gasteiger charge is 2.19. The first-order valence-corrected chi connectivity index (χ1v) is 13.0. The van der Waals surface area contributed by atoms with E-state index in [0.29, 0.717) is 38.4 Å². The number of aromatic nitrogens is 4. The minimum atomic E-state index is -0.119. The molecule has 0 atom stereocenters. The van der Waals surface area contributed by atoms with Gasteiger partial charge >= 0.3 is 0 Å². The summed E-state index contributed by atoms with van der Waals surface area (Å²) < 4.78 is 8.53. The predicted molar refractivity (Wildman–Crippen MR) is 135 cm³/mol. The van der Waals surface area contributed by atoms with Crippen molar-refractivity contribution in [1.29, 1.82) is 0 Å². The number of nitrogens with zero attached hydrogens (tertiary/aromatic N) is 4. The second-order valence-corrected chi connectivity index (χ2v) is 10.2. The largest absolute Gasteiger partial charge is 0.497 e. The molecule has 5 rings (SSSR count). The maximum atomic E-state index is 13.7. The Kier molecular flexibility index (Phi) is 5.81. The van der Waals surface area contributed by atoms with Gasteiger partial charge in [0.15, 0.2) is 10.1 Å². The van der Waals surface area contributed by atoms with Crippen molar-refractivity contribution < 1.29 is 4.74 Å². The zero-order valence-corrected chi connectivity index (χ0v) is 20.6. The smallest absolute Gasteiger partial charge is 0.267 e. The maximum Gasteiger partial charge on any atom is 0.267 e. The van der Waals surface area contributed by atoms with Crippen LogP contribution in [0.5, 0.6) is 5.75 Å². The second kappa shape index (κ2) is 8.77. The van der Waals surface area contributed by atoms with Gasteiger partial charge in [-0.05, 0) is 31.0 Å². The van der Waals surface area contributed by atoms with Crippen molar-refractivity contribution in [1.82, 2.24) is 18.9 Å². The summed E-state index contributed by atoms with van der Waals surface area (Å²) in [6.07, 6.45) is 2.56. The summed E-state index contributed by atoms with van der Waals surface area (Å²) in [4.78, 5) is 38.1. The van der Waals surface area contributed by atoms with E-state index in [1.165, 1.54) is 33.6 Å². The lowest BCUT2D eigenvalue weighted by Crippen LogP contribution is -2.22. The third-order valence-electron chi connectivity index (χ3n) is 5.37. The highest BCUT2D eigenvalue weighted by atomic mass is 32.2. The number of fused-ring (bicyclic) bond motifs is 2. The first-order chi connectivity index (χ1) is 16.0. The molecule has 0 saturated heterocycles. The van der Waals surface area contributed by atoms with Crippen molar-refractivity contribution in [3.63, 3.8) is 0 Å². The quantitative estimate of drug-likeness (QED) is 0.251. The Morgan fingerprint density at radius 1 is 1.18 bits per heavy atom. The Hall–Kier alpha value is -2.95. The van der Waals surface area contributed by atoms with Gasteiger partial charge in [-0.25, -0.2) is 9.97 Å². The standard InChI is InChI=1S/C23H20N4O3S3/c1-4-17-13(2)19-20(33-17)25-23(27(21(19)29)15-6-5-7-16(11-15)30-3)32-12-14-10-18(28)26-8-9-31-22(26)24-14/h5-11H,4,12H2,1-3H3. The van der Waals surface area contributed by atoms with Gasteiger partial charge < -0.3 is 4.74 Å². The monoisotopic (exact) mass is 496 g/mol. The molecule has 0 spiro atoms. The molecule has 4 aromatic heterocycles. The van der Waals surface area contributed by atoms with Crippen LogP contribution in [0.25, 0.3) is 20.9 Å². The molecule has 168 valence electrons. The van der Waals surface area contributed by atoms with Crippen LogP contribution < -0.4 is 15.9 Å². The van der Waals surface area contributed by atoms with Gasteiger partial charge in [-0.15, -0.1) is 22.7 Å². The Labute approximate surface area is 201 Å². The van der Waals surface area contributed by atoms with Crippen molar-refractivity contribution in [3.05, 3.63) is 78.8 Å². The van der Waals surface area contributed by atoms with Gasteiger partial charge in [0.05, 0.1) is 23.9 Å². The summed E-state index contributed by atoms with van der Waals surface area (Å²) in [7, 11) is 1.60. The van der Waals surface area contributed by atoms with Gasteiger partial charge in [0, 0.05) is 34.3 Å². The van der Waals surface area contributed by atoms with Crippen LogP contribution in [0, 0.1) is 6.92 Å². The molecule has 0 unspecified atom stereocenters. The lowest BCUT2D eigenvalue weighted by Gasteiger charge is -2.13. The molecule has 0 aliphatic heterocycles. The van der Waals surface area contributed by atoms with Gasteiger partial charge in [0.1, 0.15) is 10.6 Å². The first-order valence-electron chi connectivity index (χ1n) is 10.3. The molecule has 0 saturated carbocycles. The molecular formula is C23H20N4O3S3. The average molecular weight is 497 g/mol. The number of aryl methyl sites for hydroxylation is 2. The molecule has 33 heavy (non-hydrogen) atoms. The molecule has 0 bridgehead atoms. The highest BCUT2D eigenvalue weighted by Crippen LogP contribution is 2.31. The molecule has 0 amide bonds. The number of benzene rings is 1. The minimum Gasteiger partial charge on any atom is -0.497 e. The van der Waals surface area contributed by atoms with Crippen molar-refractivity contribution in [3.8, 4) is 11.4 Å². The van der Waals surface area contributed by atoms with Crippen LogP contribution in [0.15, 0.2) is 56.7 Å². The lowest BCUT2D eigenvalue weighted by atomic mass is 10.2. The van der Waals surface area contributed by atoms with Crippen LogP contribution >= 0.6 is 34.4 Å². The van der Waals surface area contributed by atoms with Crippen molar-refractivity contribution >= 4 is 49.6 Å². The molecule has 4 heterocycles. The van der Waals surface area contributed by atoms with Crippen LogP contribution in [-0.2, 0) is 12.2 Å². The zero-order chi connectivity index (χ0) is 23.1. The van der Waals surface area contributed by atoms with E-state index in [2.05, 4.69) is 11.9 Å². The SMILES string of the molecule is CCc1sc2nc(SCc3cc(=O)n4ccsc4n3)n(-c3cccc(OC)c3)c(=O)c2c1C. The zero-order valence-electron chi connectivity index (χ0n) is 18.2. The number of methoxy groups -OCH3 is 1. The Morgan fingerprint density at radius 3 is 2.82 bits per heavy atom. The molecule has 0 fully saturated rings. The predicted octanol–water partition coefficient (Wildman–Crippen LogP) is 4.69. The normalized spacial score (nSPS) is 11.5. The minimum absolute atomic E-state index is 0.106. The summed E-state index contributed by atoms with van der Waals surface area (Å²) in [5.41, 5.74) is 2.09. The molecular weight excluding hydrogens is 476 g/mol. The van der Waals surface area contributed by atoms with Crippen molar-refractivity contribution in [2.75, 3.05) is 7.11 Å². The third kappa shape index (κ3) is 3.88. The van der Waals surface area contributed by atoms with Gasteiger partial charge in [0.25, 0.3) is 11.1 Å². The summed E-state index contributed by atoms with van der Waals surface area (Å²) >= 11 is 4.36. The Morgan fingerprint density at radius 2 is 2.03 bits per heavy atom. The number of hydrogen-bond donors (Lipinski definition) is 0. The lowest BCUT2D eigenvalue weighted by molar-refractivity contribution is 0.414. The molecule has 0 aliphatic rings. The van der Waals surface area contributed by atoms with Crippen LogP contribution in [0.3, 0.4) is 0 Å². The number of thiophene rings is 1. The highest BCUT2D eigenvalue weighted by molar-refractivity contribution is 7.98. The third-order valence-corrected chi connectivity index (χ3v) is 8.43. The maximum absolute atomic E-state index is 13.7. The molecule has 0 N–H and O–H groups in total. The molecule has 7 nitrogen and oxygen atoms in total. The number of ether oxygens (including phenoxy) is 1. The van der Waals surface area contributed by atoms with Gasteiger partial charge in [-0.3, -0.25) is 18.6 Å². The van der Waals surface area contributed by atoms with Crippen molar-refractivity contribution in [2.45, 2.75) is 31.2 Å². The second-order valence-electron chi connectivity index (χ2n) is 7.35. The molecule has 0 radical (unpaired) electrons. The van der Waals surface area contributed by atoms with Gasteiger partial charge in [0.2, 0.25) is 0 Å². The van der Waals surface area contributed by atoms with E-state index in [1.54, 1.807) is 29.2 Å². The number of thiazole rings is 1. The first kappa shape index (κ1) is 21.9. The molecule has 1 aromatic carbocycles. The van der Waals surface area contributed by atoms with E-state index in [-0.39, 0.29) is 11.1 Å². The van der Waals surface area contributed by atoms with Gasteiger partial charge in [-0.2, -0.15) is 0 Å². The average Bonchev–Trinajstić information content (AvgIpc) is 3.42. The van der Waals surface area contributed by atoms with Crippen LogP contribution in [0.2, 0.25) is 0 Å². The molecule has 10 heteroatoms. The fraction of sp³-hybridized carbons (Fsp3) is 0.217. The number of thioether (sulfide) groups is 1. The van der Waals surface area contributed by atoms with Crippen molar-refractivity contribution in [2.24, 2.45) is 0 Å². The summed E-state index contributed by atoms with van der Waals surface area (Å²) in [6.45, 7) is 4.07. The van der Waals surface area contributed by atoms with Crippen LogP contribution in [-0.4, -0.2) is 26.0 Å². The van der Waals surface area contributed by atoms with E-state index >= 15 is 0 Å². The molecule has 0 aliphatic carbocycles. The summed E-state index contributed by atoms with van der Waals surface area (Å²) in [5, 5.41) is 3.04. The van der Waals surface area contributed by atoms with E-state index in [0.717, 1.165) is 21.7 Å². The topological polar surface area (TPSA) is 78.5 Å². The van der Waals surface area contributed by atoms with E-state index < -0.39 is 0 Å². The molecule has 5 aromatic rings. The fourth-order valence-corrected chi connectivity index (χ4v) is 6.52.